The fraction of sp³-hybridized carbons (Fsp3) is 0.457. The number of esters is 2. The molecule has 3 aliphatic heterocycles. The summed E-state index contributed by atoms with van der Waals surface area (Å²) in [6, 6.07) is 24.4. The summed E-state index contributed by atoms with van der Waals surface area (Å²) in [6.07, 6.45) is -0.302. The number of amides is 3. The van der Waals surface area contributed by atoms with Gasteiger partial charge in [-0.3, -0.25) is 28.8 Å². The lowest BCUT2D eigenvalue weighted by atomic mass is 9.62. The maximum atomic E-state index is 14.8. The van der Waals surface area contributed by atoms with Gasteiger partial charge in [0.05, 0.1) is 19.2 Å². The molecule has 0 radical (unpaired) electrons. The minimum atomic E-state index is -1.51. The highest BCUT2D eigenvalue weighted by Crippen LogP contribution is 2.59. The molecule has 3 aromatic rings. The van der Waals surface area contributed by atoms with E-state index in [2.05, 4.69) is 10.6 Å². The van der Waals surface area contributed by atoms with Crippen molar-refractivity contribution in [2.75, 3.05) is 27.2 Å². The first-order valence-corrected chi connectivity index (χ1v) is 20.6. The lowest BCUT2D eigenvalue weighted by molar-refractivity contribution is -0.213. The van der Waals surface area contributed by atoms with Gasteiger partial charge in [0, 0.05) is 57.1 Å². The van der Waals surface area contributed by atoms with E-state index in [-0.39, 0.29) is 44.7 Å². The summed E-state index contributed by atoms with van der Waals surface area (Å²) >= 11 is 0. The summed E-state index contributed by atoms with van der Waals surface area (Å²) in [5.74, 6) is -3.62. The molecule has 324 valence electrons. The monoisotopic (exact) mass is 838 g/mol. The van der Waals surface area contributed by atoms with Crippen LogP contribution >= 0.6 is 0 Å². The van der Waals surface area contributed by atoms with Crippen molar-refractivity contribution < 1.29 is 52.9 Å². The Morgan fingerprint density at radius 2 is 1.57 bits per heavy atom. The van der Waals surface area contributed by atoms with E-state index in [9.17, 15) is 29.1 Å². The minimum Gasteiger partial charge on any atom is -0.460 e. The zero-order chi connectivity index (χ0) is 43.5. The molecule has 4 fully saturated rings. The molecule has 4 aliphatic rings. The second kappa shape index (κ2) is 17.9. The molecule has 1 saturated carbocycles. The molecule has 7 rings (SSSR count). The van der Waals surface area contributed by atoms with Gasteiger partial charge in [0.15, 0.2) is 6.04 Å². The Bertz CT molecular complexity index is 2070. The Morgan fingerprint density at radius 1 is 0.934 bits per heavy atom. The van der Waals surface area contributed by atoms with Crippen molar-refractivity contribution in [3.05, 3.63) is 113 Å². The molecular weight excluding hydrogens is 785 g/mol. The maximum Gasteiger partial charge on any atom is 0.327 e. The highest BCUT2D eigenvalue weighted by molar-refractivity contribution is 5.94. The highest BCUT2D eigenvalue weighted by atomic mass is 16.8. The first kappa shape index (κ1) is 43.6. The molecular formula is C46H54N4O11. The van der Waals surface area contributed by atoms with Gasteiger partial charge in [-0.15, -0.1) is 0 Å². The SMILES string of the molecule is CN(C)C(=O)C=Cc1ccc(CN2O[C@@H]3[C@H]4OC(c5ccccc5)(c5ccccc5)O[C@H]4[C@H]4C[C@]3(C(=O)NCCC(=O)N[C@H](CO)CCC(=O)OC(C)(C)C)[C@@H]2C(=O)O4)cc1. The zero-order valence-corrected chi connectivity index (χ0v) is 35.1. The number of hydroxylamine groups is 2. The molecule has 15 nitrogen and oxygen atoms in total. The van der Waals surface area contributed by atoms with E-state index in [4.69, 9.17) is 23.8 Å². The summed E-state index contributed by atoms with van der Waals surface area (Å²) in [7, 11) is 3.35. The van der Waals surface area contributed by atoms with Crippen molar-refractivity contribution in [1.29, 1.82) is 0 Å². The Morgan fingerprint density at radius 3 is 2.18 bits per heavy atom. The van der Waals surface area contributed by atoms with E-state index < -0.39 is 83.7 Å². The first-order chi connectivity index (χ1) is 29.1. The van der Waals surface area contributed by atoms with Gasteiger partial charge in [0.2, 0.25) is 23.5 Å². The van der Waals surface area contributed by atoms with Crippen molar-refractivity contribution in [2.45, 2.75) is 101 Å². The molecule has 61 heavy (non-hydrogen) atoms. The van der Waals surface area contributed by atoms with Crippen molar-refractivity contribution >= 4 is 35.7 Å². The van der Waals surface area contributed by atoms with E-state index in [0.29, 0.717) is 11.1 Å². The third kappa shape index (κ3) is 9.12. The molecule has 0 unspecified atom stereocenters. The smallest absolute Gasteiger partial charge is 0.327 e. The molecule has 3 N–H and O–H groups in total. The molecule has 3 heterocycles. The fourth-order valence-electron chi connectivity index (χ4n) is 8.57. The van der Waals surface area contributed by atoms with Crippen LogP contribution in [0.4, 0.5) is 0 Å². The normalized spacial score (nSPS) is 25.6. The Kier molecular flexibility index (Phi) is 12.8. The van der Waals surface area contributed by atoms with Crippen molar-refractivity contribution in [3.8, 4) is 0 Å². The number of likely N-dealkylation sites (N-methyl/N-ethyl adjacent to an activating group) is 1. The van der Waals surface area contributed by atoms with Crippen LogP contribution in [0.15, 0.2) is 91.0 Å². The molecule has 3 saturated heterocycles. The van der Waals surface area contributed by atoms with Gasteiger partial charge in [0.25, 0.3) is 0 Å². The van der Waals surface area contributed by atoms with Gasteiger partial charge in [-0.25, -0.2) is 0 Å². The van der Waals surface area contributed by atoms with Crippen molar-refractivity contribution in [2.24, 2.45) is 5.41 Å². The Labute approximate surface area is 355 Å². The average molecular weight is 839 g/mol. The molecule has 7 atom stereocenters. The van der Waals surface area contributed by atoms with Crippen LogP contribution in [0.25, 0.3) is 6.08 Å². The fourth-order valence-corrected chi connectivity index (χ4v) is 8.57. The minimum absolute atomic E-state index is 0.00132. The lowest BCUT2D eigenvalue weighted by Crippen LogP contribution is -2.69. The number of hydrogen-bond acceptors (Lipinski definition) is 12. The van der Waals surface area contributed by atoms with E-state index in [1.54, 1.807) is 40.9 Å². The van der Waals surface area contributed by atoms with E-state index in [1.165, 1.54) is 16.0 Å². The first-order valence-electron chi connectivity index (χ1n) is 20.6. The zero-order valence-electron chi connectivity index (χ0n) is 35.1. The third-order valence-electron chi connectivity index (χ3n) is 11.4. The number of aliphatic hydroxyl groups excluding tert-OH is 1. The van der Waals surface area contributed by atoms with Crippen LogP contribution in [0.5, 0.6) is 0 Å². The maximum absolute atomic E-state index is 14.8. The number of hydrogen-bond donors (Lipinski definition) is 3. The van der Waals surface area contributed by atoms with Gasteiger partial charge < -0.3 is 39.6 Å². The summed E-state index contributed by atoms with van der Waals surface area (Å²) < 4.78 is 25.4. The van der Waals surface area contributed by atoms with Crippen LogP contribution < -0.4 is 10.6 Å². The van der Waals surface area contributed by atoms with E-state index >= 15 is 0 Å². The predicted octanol–water partition coefficient (Wildman–Crippen LogP) is 3.38. The number of benzene rings is 3. The van der Waals surface area contributed by atoms with Crippen LogP contribution in [-0.4, -0.2) is 114 Å². The number of aliphatic hydroxyl groups is 1. The van der Waals surface area contributed by atoms with Gasteiger partial charge in [-0.2, -0.15) is 5.06 Å². The van der Waals surface area contributed by atoms with Crippen molar-refractivity contribution in [1.82, 2.24) is 20.6 Å². The molecule has 15 heteroatoms. The van der Waals surface area contributed by atoms with E-state index in [0.717, 1.165) is 11.1 Å². The van der Waals surface area contributed by atoms with E-state index in [1.807, 2.05) is 84.9 Å². The molecule has 3 amide bonds. The summed E-state index contributed by atoms with van der Waals surface area (Å²) in [5, 5.41) is 17.1. The molecule has 0 aromatic heterocycles. The van der Waals surface area contributed by atoms with Gasteiger partial charge in [-0.05, 0) is 44.4 Å². The number of carbonyl (C=O) groups excluding carboxylic acids is 5. The third-order valence-corrected chi connectivity index (χ3v) is 11.4. The van der Waals surface area contributed by atoms with Crippen LogP contribution in [0.2, 0.25) is 0 Å². The predicted molar refractivity (Wildman–Crippen MR) is 220 cm³/mol. The van der Waals surface area contributed by atoms with Crippen LogP contribution in [0.1, 0.15) is 68.7 Å². The van der Waals surface area contributed by atoms with Crippen LogP contribution in [0.3, 0.4) is 0 Å². The average Bonchev–Trinajstić information content (AvgIpc) is 3.82. The molecule has 2 bridgehead atoms. The standard InChI is InChI=1S/C46H54N4O11/c1-44(2,3)58-37(54)23-21-33(28-51)48-35(52)24-25-47-43(56)45-26-34-38-39(60-46(59-38,31-12-8-6-9-13-31)32-14-10-7-11-15-32)41(45)61-50(40(45)42(55)57-34)27-30-18-16-29(17-19-30)20-22-36(53)49(4)5/h6-20,22,33-34,38-41,51H,21,23-28H2,1-5H3,(H,47,56)(H,48,52)/t33-,34+,38-,39-,40-,41+,45-/m0/s1. The van der Waals surface area contributed by atoms with Gasteiger partial charge in [0.1, 0.15) is 35.4 Å². The van der Waals surface area contributed by atoms with Crippen molar-refractivity contribution in [3.63, 3.8) is 0 Å². The largest absolute Gasteiger partial charge is 0.460 e. The topological polar surface area (TPSA) is 182 Å². The quantitative estimate of drug-likeness (QED) is 0.150. The number of nitrogens with zero attached hydrogens (tertiary/aromatic N) is 2. The summed E-state index contributed by atoms with van der Waals surface area (Å²) in [4.78, 5) is 74.7. The Balaban J connectivity index is 1.14. The highest BCUT2D eigenvalue weighted by Gasteiger charge is 2.76. The molecule has 1 aliphatic carbocycles. The number of nitrogens with one attached hydrogen (secondary N) is 2. The lowest BCUT2D eigenvalue weighted by Gasteiger charge is -2.48. The number of rotatable bonds is 15. The van der Waals surface area contributed by atoms with Crippen LogP contribution in [-0.2, 0) is 60.1 Å². The number of ether oxygens (including phenoxy) is 4. The van der Waals surface area contributed by atoms with Crippen LogP contribution in [0, 0.1) is 5.41 Å². The van der Waals surface area contributed by atoms with Gasteiger partial charge in [-0.1, -0.05) is 84.9 Å². The van der Waals surface area contributed by atoms with Gasteiger partial charge >= 0.3 is 11.9 Å². The second-order valence-electron chi connectivity index (χ2n) is 17.1. The summed E-state index contributed by atoms with van der Waals surface area (Å²) in [5.41, 5.74) is 0.805. The molecule has 3 aromatic carbocycles. The summed E-state index contributed by atoms with van der Waals surface area (Å²) in [6.45, 7) is 4.90. The number of fused-ring (bicyclic) bond motifs is 4. The molecule has 0 spiro atoms. The Hall–Kier alpha value is -5.45. The number of carbonyl (C=O) groups is 5. The second-order valence-corrected chi connectivity index (χ2v) is 17.1.